The quantitative estimate of drug-likeness (QED) is 0.210. The van der Waals surface area contributed by atoms with E-state index in [0.717, 1.165) is 12.3 Å². The third-order valence-corrected chi connectivity index (χ3v) is 5.59. The highest BCUT2D eigenvalue weighted by Gasteiger charge is 2.36. The minimum absolute atomic E-state index is 0.0169. The molecule has 0 unspecified atom stereocenters. The zero-order valence-electron chi connectivity index (χ0n) is 21.5. The topological polar surface area (TPSA) is 142 Å². The van der Waals surface area contributed by atoms with Gasteiger partial charge in [0, 0.05) is 18.9 Å². The lowest BCUT2D eigenvalue weighted by molar-refractivity contribution is -0.138. The predicted octanol–water partition coefficient (Wildman–Crippen LogP) is 4.79. The summed E-state index contributed by atoms with van der Waals surface area (Å²) in [5.41, 5.74) is -0.142. The number of aromatic amines is 1. The molecule has 43 heavy (non-hydrogen) atoms. The summed E-state index contributed by atoms with van der Waals surface area (Å²) in [6, 6.07) is 2.13. The molecule has 10 nitrogen and oxygen atoms in total. The van der Waals surface area contributed by atoms with E-state index in [1.807, 2.05) is 0 Å². The van der Waals surface area contributed by atoms with Gasteiger partial charge in [0.1, 0.15) is 11.4 Å². The maximum Gasteiger partial charge on any atom is 0.423 e. The fourth-order valence-corrected chi connectivity index (χ4v) is 3.56. The number of unbranched alkanes of at least 4 members (excludes halogenated alkanes) is 2. The molecular formula is C24H20F9N7O3. The van der Waals surface area contributed by atoms with Crippen molar-refractivity contribution in [3.63, 3.8) is 0 Å². The van der Waals surface area contributed by atoms with Crippen LogP contribution in [-0.4, -0.2) is 42.9 Å². The summed E-state index contributed by atoms with van der Waals surface area (Å²) in [6.07, 6.45) is -4.84. The molecule has 4 aromatic rings. The Morgan fingerprint density at radius 2 is 1.60 bits per heavy atom. The number of fused-ring (bicyclic) bond motifs is 1. The van der Waals surface area contributed by atoms with Crippen molar-refractivity contribution in [1.29, 1.82) is 0 Å². The van der Waals surface area contributed by atoms with Gasteiger partial charge in [-0.25, -0.2) is 24.4 Å². The second-order valence-electron chi connectivity index (χ2n) is 8.60. The van der Waals surface area contributed by atoms with Crippen molar-refractivity contribution in [2.45, 2.75) is 44.8 Å². The molecule has 19 heteroatoms. The first kappa shape index (κ1) is 33.0. The molecule has 0 aliphatic heterocycles. The molecule has 0 radical (unpaired) electrons. The van der Waals surface area contributed by atoms with Gasteiger partial charge in [0.05, 0.1) is 46.8 Å². The number of nitrogen functional groups attached to an aromatic ring is 1. The number of aryl methyl sites for hydroxylation is 1. The van der Waals surface area contributed by atoms with Gasteiger partial charge in [0.2, 0.25) is 0 Å². The monoisotopic (exact) mass is 625 g/mol. The highest BCUT2D eigenvalue weighted by Crippen LogP contribution is 2.30. The largest absolute Gasteiger partial charge is 0.423 e. The number of hydrogen-bond donors (Lipinski definition) is 2. The van der Waals surface area contributed by atoms with Gasteiger partial charge >= 0.3 is 19.0 Å². The Balaban J connectivity index is 0.000000353. The summed E-state index contributed by atoms with van der Waals surface area (Å²) in [5, 5.41) is 4.72. The van der Waals surface area contributed by atoms with Crippen LogP contribution in [0.25, 0.3) is 22.3 Å². The van der Waals surface area contributed by atoms with Gasteiger partial charge < -0.3 is 10.5 Å². The van der Waals surface area contributed by atoms with Crippen molar-refractivity contribution in [1.82, 2.24) is 29.7 Å². The molecule has 3 N–H and O–H groups in total. The third kappa shape index (κ3) is 8.72. The summed E-state index contributed by atoms with van der Waals surface area (Å²) < 4.78 is 118. The average molecular weight is 625 g/mol. The Kier molecular flexibility index (Phi) is 10.4. The summed E-state index contributed by atoms with van der Waals surface area (Å²) in [6.45, 7) is -2.66. The number of aromatic nitrogens is 6. The summed E-state index contributed by atoms with van der Waals surface area (Å²) in [5.74, 6) is -1.16. The van der Waals surface area contributed by atoms with E-state index in [1.165, 1.54) is 17.0 Å². The molecule has 0 bridgehead atoms. The SMILES string of the molecule is Nc1cn[nH]c(=O)c1C(F)(F)F.O=c1c2cc(F)c(-c3ncc(C(F)(F)F)cn3)cc2ncn1CCCCCOC(F)F. The number of halogens is 9. The molecule has 0 aliphatic carbocycles. The standard InChI is InChI=1S/C19H16F6N4O2.C5H4F3N3O/c20-14-6-13-15(7-12(14)16-26-8-11(9-27-16)19(23,24)25)28-10-29(17(13)30)4-2-1-3-5-31-18(21)22;6-5(7,8)3-2(9)1-10-11-4(3)12/h6-10,18H,1-5H2;1H,(H3,9,11,12). The number of alkyl halides is 8. The molecule has 0 saturated carbocycles. The first-order valence-corrected chi connectivity index (χ1v) is 12.0. The second kappa shape index (κ2) is 13.6. The van der Waals surface area contributed by atoms with Crippen molar-refractivity contribution in [2.75, 3.05) is 12.3 Å². The molecule has 0 amide bonds. The minimum Gasteiger partial charge on any atom is -0.397 e. The lowest BCUT2D eigenvalue weighted by atomic mass is 10.1. The maximum absolute atomic E-state index is 14.6. The van der Waals surface area contributed by atoms with E-state index in [1.54, 1.807) is 5.10 Å². The Labute approximate surface area is 234 Å². The summed E-state index contributed by atoms with van der Waals surface area (Å²) >= 11 is 0. The van der Waals surface area contributed by atoms with Crippen LogP contribution in [0.1, 0.15) is 30.4 Å². The van der Waals surface area contributed by atoms with Gasteiger partial charge in [-0.1, -0.05) is 0 Å². The van der Waals surface area contributed by atoms with Crippen LogP contribution in [0.4, 0.5) is 45.2 Å². The number of nitrogens with one attached hydrogen (secondary N) is 1. The van der Waals surface area contributed by atoms with Gasteiger partial charge in [-0.15, -0.1) is 0 Å². The van der Waals surface area contributed by atoms with E-state index >= 15 is 0 Å². The highest BCUT2D eigenvalue weighted by molar-refractivity contribution is 5.82. The van der Waals surface area contributed by atoms with Crippen molar-refractivity contribution in [2.24, 2.45) is 0 Å². The number of nitrogens with zero attached hydrogens (tertiary/aromatic N) is 5. The predicted molar refractivity (Wildman–Crippen MR) is 132 cm³/mol. The number of ether oxygens (including phenoxy) is 1. The van der Waals surface area contributed by atoms with Gasteiger partial charge in [-0.3, -0.25) is 14.2 Å². The van der Waals surface area contributed by atoms with Gasteiger partial charge in [0.25, 0.3) is 11.1 Å². The normalized spacial score (nSPS) is 12.0. The van der Waals surface area contributed by atoms with Gasteiger partial charge in [-0.05, 0) is 31.4 Å². The third-order valence-electron chi connectivity index (χ3n) is 5.59. The molecule has 3 aromatic heterocycles. The molecule has 0 atom stereocenters. The van der Waals surface area contributed by atoms with E-state index in [9.17, 15) is 49.1 Å². The van der Waals surface area contributed by atoms with E-state index in [0.29, 0.717) is 31.7 Å². The molecule has 232 valence electrons. The summed E-state index contributed by atoms with van der Waals surface area (Å²) in [4.78, 5) is 34.4. The number of H-pyrrole nitrogens is 1. The van der Waals surface area contributed by atoms with Crippen LogP contribution in [0.3, 0.4) is 0 Å². The summed E-state index contributed by atoms with van der Waals surface area (Å²) in [7, 11) is 0. The van der Waals surface area contributed by atoms with Crippen molar-refractivity contribution in [3.8, 4) is 11.4 Å². The van der Waals surface area contributed by atoms with Crippen LogP contribution < -0.4 is 16.9 Å². The van der Waals surface area contributed by atoms with Crippen LogP contribution in [0.2, 0.25) is 0 Å². The van der Waals surface area contributed by atoms with E-state index in [2.05, 4.69) is 24.8 Å². The number of anilines is 1. The van der Waals surface area contributed by atoms with Crippen LogP contribution >= 0.6 is 0 Å². The lowest BCUT2D eigenvalue weighted by Crippen LogP contribution is -2.24. The first-order chi connectivity index (χ1) is 20.1. The molecule has 0 fully saturated rings. The first-order valence-electron chi connectivity index (χ1n) is 12.0. The average Bonchev–Trinajstić information content (AvgIpc) is 2.91. The van der Waals surface area contributed by atoms with Crippen LogP contribution in [0.15, 0.2) is 46.6 Å². The Bertz CT molecular complexity index is 1650. The zero-order valence-corrected chi connectivity index (χ0v) is 21.5. The van der Waals surface area contributed by atoms with Crippen molar-refractivity contribution in [3.05, 3.63) is 74.7 Å². The van der Waals surface area contributed by atoms with Gasteiger partial charge in [0.15, 0.2) is 5.82 Å². The van der Waals surface area contributed by atoms with Gasteiger partial charge in [-0.2, -0.15) is 40.2 Å². The number of nitrogens with two attached hydrogens (primary N) is 1. The molecule has 3 heterocycles. The molecule has 0 aliphatic rings. The van der Waals surface area contributed by atoms with E-state index in [-0.39, 0.29) is 35.4 Å². The van der Waals surface area contributed by atoms with Crippen molar-refractivity contribution < 1.29 is 44.3 Å². The van der Waals surface area contributed by atoms with Crippen LogP contribution in [-0.2, 0) is 23.6 Å². The van der Waals surface area contributed by atoms with Crippen LogP contribution in [0, 0.1) is 5.82 Å². The van der Waals surface area contributed by atoms with Crippen LogP contribution in [0.5, 0.6) is 0 Å². The lowest BCUT2D eigenvalue weighted by Gasteiger charge is -2.09. The zero-order chi connectivity index (χ0) is 31.9. The number of hydrogen-bond acceptors (Lipinski definition) is 8. The Morgan fingerprint density at radius 1 is 0.930 bits per heavy atom. The molecule has 0 spiro atoms. The molecule has 1 aromatic carbocycles. The number of benzene rings is 1. The minimum atomic E-state index is -4.74. The molecule has 0 saturated heterocycles. The second-order valence-corrected chi connectivity index (χ2v) is 8.60. The molecular weight excluding hydrogens is 605 g/mol. The fourth-order valence-electron chi connectivity index (χ4n) is 3.56. The number of rotatable bonds is 8. The Hall–Kier alpha value is -4.55. The highest BCUT2D eigenvalue weighted by atomic mass is 19.4. The van der Waals surface area contributed by atoms with E-state index in [4.69, 9.17) is 5.73 Å². The smallest absolute Gasteiger partial charge is 0.397 e. The Morgan fingerprint density at radius 3 is 2.16 bits per heavy atom. The van der Waals surface area contributed by atoms with E-state index < -0.39 is 52.7 Å². The van der Waals surface area contributed by atoms with Crippen molar-refractivity contribution >= 4 is 16.6 Å². The molecule has 4 rings (SSSR count). The maximum atomic E-state index is 14.6. The fraction of sp³-hybridized carbons (Fsp3) is 0.333.